The Morgan fingerprint density at radius 1 is 1.33 bits per heavy atom. The zero-order valence-electron chi connectivity index (χ0n) is 12.1. The number of carbonyl (C=O) groups is 1. The Hall–Kier alpha value is -1.01. The second-order valence-electron chi connectivity index (χ2n) is 5.56. The fraction of sp³-hybridized carbons (Fsp3) is 0.500. The molecule has 0 spiro atoms. The number of aliphatic hydroxyl groups excluding tert-OH is 2. The molecular weight excluding hydrogens is 317 g/mol. The number of amides is 1. The second-order valence-corrected chi connectivity index (χ2v) is 6.40. The molecule has 0 aliphatic rings. The number of hydrogen-bond acceptors (Lipinski definition) is 4. The summed E-state index contributed by atoms with van der Waals surface area (Å²) in [6.07, 6.45) is -3.19. The van der Waals surface area contributed by atoms with Gasteiger partial charge in [0.05, 0.1) is 0 Å². The highest BCUT2D eigenvalue weighted by Gasteiger charge is 2.23. The van der Waals surface area contributed by atoms with Crippen LogP contribution in [0.4, 0.5) is 4.79 Å². The standard InChI is InChI=1S/C14H19Cl2NO4/c1-14(2,3)21-13(20)17-7-11(18)12(19)9-6-8(15)4-5-10(9)16/h4-6,11-12,18-19H,7H2,1-3H3,(H,17,20). The quantitative estimate of drug-likeness (QED) is 0.790. The average Bonchev–Trinajstić information content (AvgIpc) is 2.36. The number of carbonyl (C=O) groups excluding carboxylic acids is 1. The van der Waals surface area contributed by atoms with Gasteiger partial charge in [0.1, 0.15) is 17.8 Å². The van der Waals surface area contributed by atoms with Crippen LogP contribution >= 0.6 is 23.2 Å². The largest absolute Gasteiger partial charge is 0.444 e. The molecule has 1 amide bonds. The van der Waals surface area contributed by atoms with E-state index in [1.807, 2.05) is 0 Å². The van der Waals surface area contributed by atoms with Crippen LogP contribution in [0.15, 0.2) is 18.2 Å². The normalized spacial score (nSPS) is 14.4. The van der Waals surface area contributed by atoms with Crippen molar-refractivity contribution in [1.82, 2.24) is 5.32 Å². The highest BCUT2D eigenvalue weighted by molar-refractivity contribution is 6.33. The Morgan fingerprint density at radius 2 is 1.95 bits per heavy atom. The fourth-order valence-electron chi connectivity index (χ4n) is 1.56. The van der Waals surface area contributed by atoms with Gasteiger partial charge in [-0.2, -0.15) is 0 Å². The summed E-state index contributed by atoms with van der Waals surface area (Å²) in [7, 11) is 0. The molecule has 1 aromatic rings. The number of benzene rings is 1. The van der Waals surface area contributed by atoms with Gasteiger partial charge in [-0.15, -0.1) is 0 Å². The minimum absolute atomic E-state index is 0.182. The van der Waals surface area contributed by atoms with Gasteiger partial charge in [0.2, 0.25) is 0 Å². The summed E-state index contributed by atoms with van der Waals surface area (Å²) < 4.78 is 5.03. The van der Waals surface area contributed by atoms with Gasteiger partial charge in [0.25, 0.3) is 0 Å². The van der Waals surface area contributed by atoms with Gasteiger partial charge < -0.3 is 20.3 Å². The summed E-state index contributed by atoms with van der Waals surface area (Å²) >= 11 is 11.8. The van der Waals surface area contributed by atoms with Crippen molar-refractivity contribution >= 4 is 29.3 Å². The zero-order chi connectivity index (χ0) is 16.2. The minimum Gasteiger partial charge on any atom is -0.444 e. The molecule has 5 nitrogen and oxygen atoms in total. The van der Waals surface area contributed by atoms with Crippen molar-refractivity contribution in [2.75, 3.05) is 6.54 Å². The van der Waals surface area contributed by atoms with Gasteiger partial charge >= 0.3 is 6.09 Å². The lowest BCUT2D eigenvalue weighted by Gasteiger charge is -2.22. The lowest BCUT2D eigenvalue weighted by molar-refractivity contribution is 0.0130. The number of alkyl carbamates (subject to hydrolysis) is 1. The van der Waals surface area contributed by atoms with Crippen LogP contribution in [0.1, 0.15) is 32.4 Å². The first-order valence-corrected chi connectivity index (χ1v) is 7.13. The Bertz CT molecular complexity index is 502. The number of hydrogen-bond donors (Lipinski definition) is 3. The van der Waals surface area contributed by atoms with Crippen molar-refractivity contribution in [3.05, 3.63) is 33.8 Å². The molecule has 0 aliphatic carbocycles. The van der Waals surface area contributed by atoms with E-state index in [2.05, 4.69) is 5.32 Å². The maximum atomic E-state index is 11.5. The van der Waals surface area contributed by atoms with E-state index in [9.17, 15) is 15.0 Å². The van der Waals surface area contributed by atoms with Crippen LogP contribution in [0.2, 0.25) is 10.0 Å². The summed E-state index contributed by atoms with van der Waals surface area (Å²) in [6, 6.07) is 4.56. The molecule has 0 saturated carbocycles. The molecule has 118 valence electrons. The number of aliphatic hydroxyl groups is 2. The van der Waals surface area contributed by atoms with Crippen LogP contribution in [-0.4, -0.2) is 34.6 Å². The van der Waals surface area contributed by atoms with Crippen molar-refractivity contribution in [3.63, 3.8) is 0 Å². The molecule has 1 rings (SSSR count). The maximum Gasteiger partial charge on any atom is 0.407 e. The second kappa shape index (κ2) is 7.31. The Kier molecular flexibility index (Phi) is 6.28. The molecule has 0 radical (unpaired) electrons. The Balaban J connectivity index is 2.61. The van der Waals surface area contributed by atoms with E-state index >= 15 is 0 Å². The lowest BCUT2D eigenvalue weighted by atomic mass is 10.0. The highest BCUT2D eigenvalue weighted by Crippen LogP contribution is 2.28. The predicted octanol–water partition coefficient (Wildman–Crippen LogP) is 2.91. The third kappa shape index (κ3) is 6.09. The molecule has 3 N–H and O–H groups in total. The summed E-state index contributed by atoms with van der Waals surface area (Å²) in [5, 5.41) is 23.0. The van der Waals surface area contributed by atoms with Gasteiger partial charge in [-0.25, -0.2) is 4.79 Å². The van der Waals surface area contributed by atoms with E-state index < -0.39 is 23.9 Å². The number of nitrogens with one attached hydrogen (secondary N) is 1. The molecule has 7 heteroatoms. The summed E-state index contributed by atoms with van der Waals surface area (Å²) in [4.78, 5) is 11.5. The van der Waals surface area contributed by atoms with Gasteiger partial charge in [-0.1, -0.05) is 23.2 Å². The SMILES string of the molecule is CC(C)(C)OC(=O)NCC(O)C(O)c1cc(Cl)ccc1Cl. The molecule has 0 fully saturated rings. The van der Waals surface area contributed by atoms with E-state index in [1.165, 1.54) is 12.1 Å². The van der Waals surface area contributed by atoms with Crippen LogP contribution in [0.5, 0.6) is 0 Å². The van der Waals surface area contributed by atoms with Gasteiger partial charge in [-0.3, -0.25) is 0 Å². The van der Waals surface area contributed by atoms with Gasteiger partial charge in [-0.05, 0) is 39.0 Å². The molecule has 0 heterocycles. The third-order valence-electron chi connectivity index (χ3n) is 2.50. The summed E-state index contributed by atoms with van der Waals surface area (Å²) in [5.74, 6) is 0. The monoisotopic (exact) mass is 335 g/mol. The van der Waals surface area contributed by atoms with E-state index in [0.717, 1.165) is 0 Å². The number of halogens is 2. The summed E-state index contributed by atoms with van der Waals surface area (Å²) in [6.45, 7) is 5.00. The molecule has 0 saturated heterocycles. The van der Waals surface area contributed by atoms with Crippen LogP contribution < -0.4 is 5.32 Å². The van der Waals surface area contributed by atoms with Crippen molar-refractivity contribution < 1.29 is 19.7 Å². The Morgan fingerprint density at radius 3 is 2.52 bits per heavy atom. The summed E-state index contributed by atoms with van der Waals surface area (Å²) in [5.41, 5.74) is -0.341. The molecule has 1 aromatic carbocycles. The van der Waals surface area contributed by atoms with E-state index in [4.69, 9.17) is 27.9 Å². The molecule has 21 heavy (non-hydrogen) atoms. The molecule has 0 aliphatic heterocycles. The predicted molar refractivity (Wildman–Crippen MR) is 81.7 cm³/mol. The van der Waals surface area contributed by atoms with Crippen molar-refractivity contribution in [3.8, 4) is 0 Å². The van der Waals surface area contributed by atoms with E-state index in [1.54, 1.807) is 26.8 Å². The molecule has 0 aromatic heterocycles. The maximum absolute atomic E-state index is 11.5. The Labute approximate surface area is 133 Å². The van der Waals surface area contributed by atoms with Crippen molar-refractivity contribution in [1.29, 1.82) is 0 Å². The van der Waals surface area contributed by atoms with E-state index in [0.29, 0.717) is 10.6 Å². The van der Waals surface area contributed by atoms with Crippen molar-refractivity contribution in [2.24, 2.45) is 0 Å². The van der Waals surface area contributed by atoms with Crippen LogP contribution in [-0.2, 0) is 4.74 Å². The molecule has 0 bridgehead atoms. The molecular formula is C14H19Cl2NO4. The number of ether oxygens (including phenoxy) is 1. The van der Waals surface area contributed by atoms with Crippen LogP contribution in [0, 0.1) is 0 Å². The molecule has 2 unspecified atom stereocenters. The zero-order valence-corrected chi connectivity index (χ0v) is 13.6. The fourth-order valence-corrected chi connectivity index (χ4v) is 1.97. The molecule has 2 atom stereocenters. The third-order valence-corrected chi connectivity index (χ3v) is 3.07. The van der Waals surface area contributed by atoms with Crippen LogP contribution in [0.25, 0.3) is 0 Å². The van der Waals surface area contributed by atoms with Gasteiger partial charge in [0, 0.05) is 22.2 Å². The van der Waals surface area contributed by atoms with Gasteiger partial charge in [0.15, 0.2) is 0 Å². The van der Waals surface area contributed by atoms with Crippen LogP contribution in [0.3, 0.4) is 0 Å². The number of rotatable bonds is 4. The highest BCUT2D eigenvalue weighted by atomic mass is 35.5. The first kappa shape index (κ1) is 18.0. The smallest absolute Gasteiger partial charge is 0.407 e. The van der Waals surface area contributed by atoms with E-state index in [-0.39, 0.29) is 11.6 Å². The first-order chi connectivity index (χ1) is 9.60. The minimum atomic E-state index is -1.27. The lowest BCUT2D eigenvalue weighted by Crippen LogP contribution is -2.38. The van der Waals surface area contributed by atoms with Crippen molar-refractivity contribution in [2.45, 2.75) is 38.6 Å². The average molecular weight is 336 g/mol. The first-order valence-electron chi connectivity index (χ1n) is 6.38. The topological polar surface area (TPSA) is 78.8 Å².